The van der Waals surface area contributed by atoms with Crippen molar-refractivity contribution in [2.75, 3.05) is 6.61 Å². The summed E-state index contributed by atoms with van der Waals surface area (Å²) in [5, 5.41) is 4.48. The summed E-state index contributed by atoms with van der Waals surface area (Å²) >= 11 is 0. The third kappa shape index (κ3) is 3.13. The number of hydrogen-bond donors (Lipinski definition) is 0. The van der Waals surface area contributed by atoms with Crippen LogP contribution in [0.4, 0.5) is 4.39 Å². The topological polar surface area (TPSA) is 44.1 Å². The van der Waals surface area contributed by atoms with Crippen molar-refractivity contribution in [1.29, 1.82) is 0 Å². The van der Waals surface area contributed by atoms with Crippen LogP contribution in [0.1, 0.15) is 17.3 Å². The Hall–Kier alpha value is -2.95. The molecule has 0 amide bonds. The number of halogens is 1. The molecule has 3 aromatic rings. The van der Waals surface area contributed by atoms with Gasteiger partial charge in [-0.1, -0.05) is 30.3 Å². The summed E-state index contributed by atoms with van der Waals surface area (Å²) < 4.78 is 19.7. The van der Waals surface area contributed by atoms with Crippen LogP contribution in [0.5, 0.6) is 0 Å². The molecule has 1 aromatic heterocycles. The van der Waals surface area contributed by atoms with E-state index < -0.39 is 5.97 Å². The first-order valence-corrected chi connectivity index (χ1v) is 7.27. The number of esters is 1. The molecule has 1 heterocycles. The van der Waals surface area contributed by atoms with E-state index >= 15 is 0 Å². The molecule has 0 aliphatic rings. The zero-order chi connectivity index (χ0) is 16.2. The molecule has 0 fully saturated rings. The molecule has 4 nitrogen and oxygen atoms in total. The van der Waals surface area contributed by atoms with E-state index in [0.717, 1.165) is 5.56 Å². The highest BCUT2D eigenvalue weighted by atomic mass is 19.1. The second kappa shape index (κ2) is 6.44. The molecule has 0 radical (unpaired) electrons. The van der Waals surface area contributed by atoms with Gasteiger partial charge < -0.3 is 4.74 Å². The van der Waals surface area contributed by atoms with E-state index in [-0.39, 0.29) is 12.4 Å². The maximum atomic E-state index is 13.1. The summed E-state index contributed by atoms with van der Waals surface area (Å²) in [6.45, 7) is 2.04. The fourth-order valence-corrected chi connectivity index (χ4v) is 2.27. The molecule has 0 aliphatic carbocycles. The fraction of sp³-hybridized carbons (Fsp3) is 0.111. The van der Waals surface area contributed by atoms with Gasteiger partial charge in [-0.25, -0.2) is 13.9 Å². The SMILES string of the molecule is CCOC(=O)c1cn(-c2ccc(F)cc2)nc1-c1ccccc1. The highest BCUT2D eigenvalue weighted by Crippen LogP contribution is 2.24. The minimum absolute atomic E-state index is 0.286. The Morgan fingerprint density at radius 3 is 2.48 bits per heavy atom. The molecule has 0 saturated heterocycles. The molecule has 3 rings (SSSR count). The van der Waals surface area contributed by atoms with E-state index in [0.29, 0.717) is 16.9 Å². The minimum atomic E-state index is -0.431. The van der Waals surface area contributed by atoms with E-state index in [1.807, 2.05) is 30.3 Å². The van der Waals surface area contributed by atoms with Crippen molar-refractivity contribution < 1.29 is 13.9 Å². The lowest BCUT2D eigenvalue weighted by molar-refractivity contribution is 0.0527. The minimum Gasteiger partial charge on any atom is -0.462 e. The largest absolute Gasteiger partial charge is 0.462 e. The van der Waals surface area contributed by atoms with Crippen LogP contribution >= 0.6 is 0 Å². The van der Waals surface area contributed by atoms with Crippen LogP contribution in [0.25, 0.3) is 16.9 Å². The second-order valence-corrected chi connectivity index (χ2v) is 4.90. The van der Waals surface area contributed by atoms with Crippen LogP contribution in [-0.4, -0.2) is 22.4 Å². The molecule has 2 aromatic carbocycles. The Balaban J connectivity index is 2.10. The Morgan fingerprint density at radius 1 is 1.13 bits per heavy atom. The zero-order valence-electron chi connectivity index (χ0n) is 12.6. The lowest BCUT2D eigenvalue weighted by atomic mass is 10.1. The molecule has 0 saturated carbocycles. The Bertz CT molecular complexity index is 811. The lowest BCUT2D eigenvalue weighted by Gasteiger charge is -2.01. The average molecular weight is 310 g/mol. The molecule has 0 bridgehead atoms. The van der Waals surface area contributed by atoms with Gasteiger partial charge in [0.2, 0.25) is 0 Å². The van der Waals surface area contributed by atoms with Crippen molar-refractivity contribution >= 4 is 5.97 Å². The number of ether oxygens (including phenoxy) is 1. The van der Waals surface area contributed by atoms with Crippen LogP contribution < -0.4 is 0 Å². The van der Waals surface area contributed by atoms with Crippen molar-refractivity contribution in [3.63, 3.8) is 0 Å². The molecular weight excluding hydrogens is 295 g/mol. The van der Waals surface area contributed by atoms with Gasteiger partial charge in [-0.15, -0.1) is 0 Å². The van der Waals surface area contributed by atoms with Gasteiger partial charge in [0.05, 0.1) is 12.3 Å². The maximum Gasteiger partial charge on any atom is 0.342 e. The molecule has 5 heteroatoms. The van der Waals surface area contributed by atoms with E-state index in [2.05, 4.69) is 5.10 Å². The average Bonchev–Trinajstić information content (AvgIpc) is 3.02. The third-order valence-electron chi connectivity index (χ3n) is 3.35. The number of rotatable bonds is 4. The number of carbonyl (C=O) groups excluding carboxylic acids is 1. The van der Waals surface area contributed by atoms with E-state index in [1.54, 1.807) is 29.9 Å². The number of aromatic nitrogens is 2. The van der Waals surface area contributed by atoms with Crippen molar-refractivity contribution in [3.8, 4) is 16.9 Å². The first-order valence-electron chi connectivity index (χ1n) is 7.27. The van der Waals surface area contributed by atoms with Gasteiger partial charge in [0.15, 0.2) is 0 Å². The summed E-state index contributed by atoms with van der Waals surface area (Å²) in [6.07, 6.45) is 1.60. The quantitative estimate of drug-likeness (QED) is 0.687. The van der Waals surface area contributed by atoms with Crippen LogP contribution in [-0.2, 0) is 4.74 Å². The van der Waals surface area contributed by atoms with Crippen molar-refractivity contribution in [1.82, 2.24) is 9.78 Å². The Labute approximate surface area is 133 Å². The lowest BCUT2D eigenvalue weighted by Crippen LogP contribution is -2.04. The van der Waals surface area contributed by atoms with Crippen molar-refractivity contribution in [2.45, 2.75) is 6.92 Å². The Kier molecular flexibility index (Phi) is 4.19. The molecule has 0 aliphatic heterocycles. The molecular formula is C18H15FN2O2. The highest BCUT2D eigenvalue weighted by molar-refractivity contribution is 5.96. The van der Waals surface area contributed by atoms with Gasteiger partial charge in [-0.05, 0) is 31.2 Å². The van der Waals surface area contributed by atoms with Gasteiger partial charge in [0.25, 0.3) is 0 Å². The van der Waals surface area contributed by atoms with Crippen LogP contribution in [0.3, 0.4) is 0 Å². The number of hydrogen-bond acceptors (Lipinski definition) is 3. The van der Waals surface area contributed by atoms with Crippen LogP contribution in [0.2, 0.25) is 0 Å². The molecule has 0 N–H and O–H groups in total. The summed E-state index contributed by atoms with van der Waals surface area (Å²) in [6, 6.07) is 15.3. The van der Waals surface area contributed by atoms with E-state index in [4.69, 9.17) is 4.74 Å². The standard InChI is InChI=1S/C18H15FN2O2/c1-2-23-18(22)16-12-21(15-10-8-14(19)9-11-15)20-17(16)13-6-4-3-5-7-13/h3-12H,2H2,1H3. The first-order chi connectivity index (χ1) is 11.2. The first kappa shape index (κ1) is 15.0. The van der Waals surface area contributed by atoms with Crippen LogP contribution in [0, 0.1) is 5.82 Å². The number of benzene rings is 2. The van der Waals surface area contributed by atoms with Gasteiger partial charge in [-0.3, -0.25) is 0 Å². The van der Waals surface area contributed by atoms with E-state index in [1.165, 1.54) is 12.1 Å². The number of nitrogens with zero attached hydrogens (tertiary/aromatic N) is 2. The summed E-state index contributed by atoms with van der Waals surface area (Å²) in [5.41, 5.74) is 2.39. The Morgan fingerprint density at radius 2 is 1.83 bits per heavy atom. The molecule has 23 heavy (non-hydrogen) atoms. The van der Waals surface area contributed by atoms with Gasteiger partial charge >= 0.3 is 5.97 Å². The fourth-order valence-electron chi connectivity index (χ4n) is 2.27. The molecule has 116 valence electrons. The third-order valence-corrected chi connectivity index (χ3v) is 3.35. The molecule has 0 atom stereocenters. The predicted octanol–water partition coefficient (Wildman–Crippen LogP) is 3.86. The molecule has 0 spiro atoms. The summed E-state index contributed by atoms with van der Waals surface area (Å²) in [5.74, 6) is -0.755. The predicted molar refractivity (Wildman–Crippen MR) is 84.9 cm³/mol. The van der Waals surface area contributed by atoms with Gasteiger partial charge in [0, 0.05) is 11.8 Å². The van der Waals surface area contributed by atoms with Crippen molar-refractivity contribution in [3.05, 3.63) is 72.2 Å². The van der Waals surface area contributed by atoms with Crippen molar-refractivity contribution in [2.24, 2.45) is 0 Å². The summed E-state index contributed by atoms with van der Waals surface area (Å²) in [7, 11) is 0. The second-order valence-electron chi connectivity index (χ2n) is 4.90. The smallest absolute Gasteiger partial charge is 0.342 e. The highest BCUT2D eigenvalue weighted by Gasteiger charge is 2.19. The number of carbonyl (C=O) groups is 1. The van der Waals surface area contributed by atoms with Gasteiger partial charge in [-0.2, -0.15) is 5.10 Å². The zero-order valence-corrected chi connectivity index (χ0v) is 12.6. The summed E-state index contributed by atoms with van der Waals surface area (Å²) in [4.78, 5) is 12.2. The monoisotopic (exact) mass is 310 g/mol. The van der Waals surface area contributed by atoms with Gasteiger partial charge in [0.1, 0.15) is 17.1 Å². The van der Waals surface area contributed by atoms with Crippen LogP contribution in [0.15, 0.2) is 60.8 Å². The maximum absolute atomic E-state index is 13.1. The molecule has 0 unspecified atom stereocenters. The van der Waals surface area contributed by atoms with E-state index in [9.17, 15) is 9.18 Å². The normalized spacial score (nSPS) is 10.5.